The number of esters is 1. The van der Waals surface area contributed by atoms with E-state index in [2.05, 4.69) is 20.6 Å². The minimum atomic E-state index is -0.432. The molecule has 1 amide bonds. The number of carbonyl (C=O) groups excluding carboxylic acids is 2. The summed E-state index contributed by atoms with van der Waals surface area (Å²) in [5.41, 5.74) is 1.81. The summed E-state index contributed by atoms with van der Waals surface area (Å²) in [4.78, 5) is 33.2. The Balaban J connectivity index is 1.85. The molecule has 0 saturated heterocycles. The summed E-state index contributed by atoms with van der Waals surface area (Å²) in [5, 5.41) is 5.87. The van der Waals surface area contributed by atoms with Crippen LogP contribution in [0.25, 0.3) is 0 Å². The van der Waals surface area contributed by atoms with E-state index in [4.69, 9.17) is 4.74 Å². The number of hydrogen-bond donors (Lipinski definition) is 2. The number of aryl methyl sites for hydroxylation is 1. The van der Waals surface area contributed by atoms with Crippen molar-refractivity contribution in [1.82, 2.24) is 9.97 Å². The second-order valence-electron chi connectivity index (χ2n) is 5.90. The van der Waals surface area contributed by atoms with Gasteiger partial charge in [0.15, 0.2) is 0 Å². The van der Waals surface area contributed by atoms with Gasteiger partial charge in [0, 0.05) is 11.8 Å². The highest BCUT2D eigenvalue weighted by Gasteiger charge is 2.15. The van der Waals surface area contributed by atoms with Crippen LogP contribution < -0.4 is 10.6 Å². The van der Waals surface area contributed by atoms with Crippen LogP contribution in [0.15, 0.2) is 60.7 Å². The maximum atomic E-state index is 12.5. The molecule has 0 fully saturated rings. The Kier molecular flexibility index (Phi) is 5.96. The van der Waals surface area contributed by atoms with Gasteiger partial charge in [0.2, 0.25) is 0 Å². The summed E-state index contributed by atoms with van der Waals surface area (Å²) in [6, 6.07) is 17.6. The SMILES string of the molecule is CCOC(=O)c1ccccc1Nc1cc(C(=O)Nc2ccccc2)nc(C)n1. The van der Waals surface area contributed by atoms with Gasteiger partial charge in [-0.3, -0.25) is 4.79 Å². The number of amides is 1. The molecule has 0 atom stereocenters. The molecule has 0 aliphatic rings. The van der Waals surface area contributed by atoms with E-state index in [0.717, 1.165) is 0 Å². The van der Waals surface area contributed by atoms with Crippen LogP contribution in [0.1, 0.15) is 33.6 Å². The number of ether oxygens (including phenoxy) is 1. The first-order valence-corrected chi connectivity index (χ1v) is 8.82. The first-order valence-electron chi connectivity index (χ1n) is 8.82. The van der Waals surface area contributed by atoms with Crippen LogP contribution in [0.2, 0.25) is 0 Å². The van der Waals surface area contributed by atoms with Crippen LogP contribution in [0.3, 0.4) is 0 Å². The summed E-state index contributed by atoms with van der Waals surface area (Å²) in [6.07, 6.45) is 0. The number of benzene rings is 2. The molecular formula is C21H20N4O3. The first kappa shape index (κ1) is 19.0. The predicted octanol–water partition coefficient (Wildman–Crippen LogP) is 3.96. The van der Waals surface area contributed by atoms with Crippen molar-refractivity contribution in [3.63, 3.8) is 0 Å². The maximum Gasteiger partial charge on any atom is 0.340 e. The summed E-state index contributed by atoms with van der Waals surface area (Å²) in [6.45, 7) is 3.73. The van der Waals surface area contributed by atoms with Crippen LogP contribution in [-0.2, 0) is 4.74 Å². The molecule has 0 radical (unpaired) electrons. The number of aromatic nitrogens is 2. The van der Waals surface area contributed by atoms with E-state index in [1.807, 2.05) is 18.2 Å². The third-order valence-electron chi connectivity index (χ3n) is 3.79. The van der Waals surface area contributed by atoms with Crippen LogP contribution >= 0.6 is 0 Å². The highest BCUT2D eigenvalue weighted by molar-refractivity contribution is 6.03. The van der Waals surface area contributed by atoms with Crippen molar-refractivity contribution in [2.24, 2.45) is 0 Å². The van der Waals surface area contributed by atoms with Gasteiger partial charge in [0.05, 0.1) is 17.9 Å². The quantitative estimate of drug-likeness (QED) is 0.633. The molecule has 28 heavy (non-hydrogen) atoms. The van der Waals surface area contributed by atoms with Gasteiger partial charge in [-0.15, -0.1) is 0 Å². The zero-order valence-electron chi connectivity index (χ0n) is 15.6. The molecule has 0 aliphatic carbocycles. The highest BCUT2D eigenvalue weighted by Crippen LogP contribution is 2.21. The summed E-state index contributed by atoms with van der Waals surface area (Å²) in [5.74, 6) is 0.0520. The fourth-order valence-electron chi connectivity index (χ4n) is 2.58. The normalized spacial score (nSPS) is 10.2. The topological polar surface area (TPSA) is 93.2 Å². The fraction of sp³-hybridized carbons (Fsp3) is 0.143. The maximum absolute atomic E-state index is 12.5. The minimum absolute atomic E-state index is 0.215. The molecule has 3 rings (SSSR count). The van der Waals surface area contributed by atoms with Gasteiger partial charge in [-0.25, -0.2) is 14.8 Å². The second kappa shape index (κ2) is 8.77. The average Bonchev–Trinajstić information content (AvgIpc) is 2.69. The lowest BCUT2D eigenvalue weighted by atomic mass is 10.2. The number of nitrogens with one attached hydrogen (secondary N) is 2. The molecule has 0 bridgehead atoms. The monoisotopic (exact) mass is 376 g/mol. The summed E-state index contributed by atoms with van der Waals surface area (Å²) < 4.78 is 5.08. The number of carbonyl (C=O) groups is 2. The minimum Gasteiger partial charge on any atom is -0.462 e. The molecule has 3 aromatic rings. The fourth-order valence-corrected chi connectivity index (χ4v) is 2.58. The van der Waals surface area contributed by atoms with Crippen molar-refractivity contribution < 1.29 is 14.3 Å². The van der Waals surface area contributed by atoms with Crippen LogP contribution in [0.5, 0.6) is 0 Å². The number of anilines is 3. The van der Waals surface area contributed by atoms with Crippen molar-refractivity contribution in [2.45, 2.75) is 13.8 Å². The summed E-state index contributed by atoms with van der Waals surface area (Å²) >= 11 is 0. The van der Waals surface area contributed by atoms with Crippen LogP contribution in [-0.4, -0.2) is 28.5 Å². The molecule has 0 spiro atoms. The third kappa shape index (κ3) is 4.70. The number of hydrogen-bond acceptors (Lipinski definition) is 6. The molecule has 2 aromatic carbocycles. The van der Waals surface area contributed by atoms with E-state index in [0.29, 0.717) is 28.6 Å². The molecular weight excluding hydrogens is 356 g/mol. The third-order valence-corrected chi connectivity index (χ3v) is 3.79. The summed E-state index contributed by atoms with van der Waals surface area (Å²) in [7, 11) is 0. The standard InChI is InChI=1S/C21H20N4O3/c1-3-28-21(27)16-11-7-8-12-17(16)25-19-13-18(22-14(2)23-19)20(26)24-15-9-5-4-6-10-15/h4-13H,3H2,1-2H3,(H,24,26)(H,22,23,25). The Labute approximate surface area is 162 Å². The zero-order chi connectivity index (χ0) is 19.9. The van der Waals surface area contributed by atoms with Gasteiger partial charge in [-0.1, -0.05) is 30.3 Å². The van der Waals surface area contributed by atoms with Gasteiger partial charge in [0.25, 0.3) is 5.91 Å². The lowest BCUT2D eigenvalue weighted by Gasteiger charge is -2.12. The Morgan fingerprint density at radius 3 is 2.46 bits per heavy atom. The predicted molar refractivity (Wildman–Crippen MR) is 107 cm³/mol. The van der Waals surface area contributed by atoms with Gasteiger partial charge in [-0.2, -0.15) is 0 Å². The molecule has 2 N–H and O–H groups in total. The Morgan fingerprint density at radius 2 is 1.71 bits per heavy atom. The van der Waals surface area contributed by atoms with E-state index < -0.39 is 5.97 Å². The zero-order valence-corrected chi connectivity index (χ0v) is 15.6. The van der Waals surface area contributed by atoms with Crippen LogP contribution in [0.4, 0.5) is 17.2 Å². The Hall–Kier alpha value is -3.74. The molecule has 142 valence electrons. The van der Waals surface area contributed by atoms with E-state index in [1.165, 1.54) is 6.07 Å². The number of rotatable bonds is 6. The van der Waals surface area contributed by atoms with E-state index in [9.17, 15) is 9.59 Å². The first-order chi connectivity index (χ1) is 13.6. The molecule has 1 heterocycles. The lowest BCUT2D eigenvalue weighted by molar-refractivity contribution is 0.0527. The van der Waals surface area contributed by atoms with Crippen molar-refractivity contribution in [1.29, 1.82) is 0 Å². The van der Waals surface area contributed by atoms with Crippen LogP contribution in [0, 0.1) is 6.92 Å². The van der Waals surface area contributed by atoms with Crippen molar-refractivity contribution in [3.8, 4) is 0 Å². The largest absolute Gasteiger partial charge is 0.462 e. The van der Waals surface area contributed by atoms with E-state index in [-0.39, 0.29) is 18.2 Å². The van der Waals surface area contributed by atoms with Gasteiger partial charge >= 0.3 is 5.97 Å². The molecule has 7 heteroatoms. The Bertz CT molecular complexity index is 990. The number of para-hydroxylation sites is 2. The van der Waals surface area contributed by atoms with Crippen molar-refractivity contribution in [2.75, 3.05) is 17.2 Å². The molecule has 0 unspecified atom stereocenters. The number of nitrogens with zero attached hydrogens (tertiary/aromatic N) is 2. The molecule has 1 aromatic heterocycles. The average molecular weight is 376 g/mol. The molecule has 0 saturated carbocycles. The lowest BCUT2D eigenvalue weighted by Crippen LogP contribution is -2.15. The Morgan fingerprint density at radius 1 is 1.00 bits per heavy atom. The van der Waals surface area contributed by atoms with Crippen molar-refractivity contribution >= 4 is 29.1 Å². The van der Waals surface area contributed by atoms with E-state index in [1.54, 1.807) is 50.2 Å². The second-order valence-corrected chi connectivity index (χ2v) is 5.90. The van der Waals surface area contributed by atoms with Gasteiger partial charge in [0.1, 0.15) is 17.3 Å². The molecule has 0 aliphatic heterocycles. The van der Waals surface area contributed by atoms with Crippen molar-refractivity contribution in [3.05, 3.63) is 77.7 Å². The highest BCUT2D eigenvalue weighted by atomic mass is 16.5. The molecule has 7 nitrogen and oxygen atoms in total. The van der Waals surface area contributed by atoms with Gasteiger partial charge in [-0.05, 0) is 38.1 Å². The van der Waals surface area contributed by atoms with Gasteiger partial charge < -0.3 is 15.4 Å². The smallest absolute Gasteiger partial charge is 0.340 e. The van der Waals surface area contributed by atoms with E-state index >= 15 is 0 Å².